The molecule has 1 amide bonds. The molecule has 1 atom stereocenters. The van der Waals surface area contributed by atoms with Crippen LogP contribution in [-0.4, -0.2) is 21.0 Å². The molecule has 1 aliphatic rings. The van der Waals surface area contributed by atoms with Gasteiger partial charge in [-0.2, -0.15) is 0 Å². The van der Waals surface area contributed by atoms with E-state index in [1.807, 2.05) is 0 Å². The standard InChI is InChI=1S/C19H14F2N4O2/c20-9-1-3-11(13(5-9)12-4-2-10(21)6-17(12)26)15-7-16-14(18(27)24-15)8-23-19(22)25-16/h1-6,8,15,26H,7H2,(H,24,27)(H2,22,23,25). The zero-order valence-corrected chi connectivity index (χ0v) is 13.9. The number of phenolic OH excluding ortho intramolecular Hbond substituents is 1. The van der Waals surface area contributed by atoms with Gasteiger partial charge in [0.25, 0.3) is 5.91 Å². The number of nitrogen functional groups attached to an aromatic ring is 1. The minimum atomic E-state index is -0.610. The Morgan fingerprint density at radius 1 is 1.07 bits per heavy atom. The molecular weight excluding hydrogens is 354 g/mol. The van der Waals surface area contributed by atoms with Crippen molar-refractivity contribution in [1.82, 2.24) is 15.3 Å². The number of halogens is 2. The molecule has 1 aliphatic heterocycles. The van der Waals surface area contributed by atoms with Gasteiger partial charge in [0.1, 0.15) is 17.4 Å². The predicted molar refractivity (Wildman–Crippen MR) is 93.8 cm³/mol. The Hall–Kier alpha value is -3.55. The quantitative estimate of drug-likeness (QED) is 0.646. The van der Waals surface area contributed by atoms with Crippen LogP contribution in [0.4, 0.5) is 14.7 Å². The van der Waals surface area contributed by atoms with Gasteiger partial charge in [-0.05, 0) is 35.4 Å². The van der Waals surface area contributed by atoms with Crippen molar-refractivity contribution >= 4 is 11.9 Å². The van der Waals surface area contributed by atoms with E-state index in [9.17, 15) is 18.7 Å². The first-order chi connectivity index (χ1) is 12.9. The summed E-state index contributed by atoms with van der Waals surface area (Å²) >= 11 is 0. The van der Waals surface area contributed by atoms with Crippen molar-refractivity contribution in [3.63, 3.8) is 0 Å². The van der Waals surface area contributed by atoms with Crippen molar-refractivity contribution in [2.45, 2.75) is 12.5 Å². The first-order valence-corrected chi connectivity index (χ1v) is 8.13. The number of hydrogen-bond acceptors (Lipinski definition) is 5. The number of nitrogens with zero attached hydrogens (tertiary/aromatic N) is 2. The monoisotopic (exact) mass is 368 g/mol. The van der Waals surface area contributed by atoms with E-state index in [-0.39, 0.29) is 23.2 Å². The summed E-state index contributed by atoms with van der Waals surface area (Å²) < 4.78 is 27.2. The molecule has 0 saturated carbocycles. The Balaban J connectivity index is 1.82. The van der Waals surface area contributed by atoms with Crippen LogP contribution in [0.1, 0.15) is 27.7 Å². The van der Waals surface area contributed by atoms with Gasteiger partial charge < -0.3 is 16.2 Å². The van der Waals surface area contributed by atoms with Crippen molar-refractivity contribution in [1.29, 1.82) is 0 Å². The second-order valence-electron chi connectivity index (χ2n) is 6.21. The largest absolute Gasteiger partial charge is 0.507 e. The van der Waals surface area contributed by atoms with Crippen molar-refractivity contribution in [3.8, 4) is 16.9 Å². The van der Waals surface area contributed by atoms with Crippen LogP contribution in [0.25, 0.3) is 11.1 Å². The number of fused-ring (bicyclic) bond motifs is 1. The van der Waals surface area contributed by atoms with Gasteiger partial charge in [-0.1, -0.05) is 6.07 Å². The molecule has 1 unspecified atom stereocenters. The number of hydrogen-bond donors (Lipinski definition) is 3. The molecule has 1 aromatic heterocycles. The SMILES string of the molecule is Nc1ncc2c(n1)CC(c1ccc(F)cc1-c1ccc(F)cc1O)NC2=O. The molecule has 0 bridgehead atoms. The van der Waals surface area contributed by atoms with E-state index in [1.165, 1.54) is 36.5 Å². The van der Waals surface area contributed by atoms with E-state index >= 15 is 0 Å². The average molecular weight is 368 g/mol. The number of benzene rings is 2. The molecular formula is C19H14F2N4O2. The summed E-state index contributed by atoms with van der Waals surface area (Å²) in [5.41, 5.74) is 7.60. The second-order valence-corrected chi connectivity index (χ2v) is 6.21. The maximum Gasteiger partial charge on any atom is 0.255 e. The van der Waals surface area contributed by atoms with Gasteiger partial charge in [0.05, 0.1) is 17.3 Å². The van der Waals surface area contributed by atoms with Crippen LogP contribution < -0.4 is 11.1 Å². The number of carbonyl (C=O) groups excluding carboxylic acids is 1. The van der Waals surface area contributed by atoms with Crippen LogP contribution in [0.2, 0.25) is 0 Å². The average Bonchev–Trinajstić information content (AvgIpc) is 2.61. The molecule has 0 saturated heterocycles. The fraction of sp³-hybridized carbons (Fsp3) is 0.105. The number of phenols is 1. The third-order valence-electron chi connectivity index (χ3n) is 4.47. The maximum atomic E-state index is 13.9. The van der Waals surface area contributed by atoms with E-state index in [0.717, 1.165) is 6.07 Å². The molecule has 0 radical (unpaired) electrons. The molecule has 0 fully saturated rings. The van der Waals surface area contributed by atoms with Crippen LogP contribution in [-0.2, 0) is 6.42 Å². The Bertz CT molecular complexity index is 1070. The number of anilines is 1. The van der Waals surface area contributed by atoms with Gasteiger partial charge in [-0.3, -0.25) is 4.79 Å². The Kier molecular flexibility index (Phi) is 3.95. The van der Waals surface area contributed by atoms with Crippen molar-refractivity contribution in [2.75, 3.05) is 5.73 Å². The highest BCUT2D eigenvalue weighted by Gasteiger charge is 2.29. The molecule has 0 aliphatic carbocycles. The molecule has 136 valence electrons. The zero-order valence-electron chi connectivity index (χ0n) is 13.9. The summed E-state index contributed by atoms with van der Waals surface area (Å²) in [7, 11) is 0. The Labute approximate surface area is 152 Å². The summed E-state index contributed by atoms with van der Waals surface area (Å²) in [5.74, 6) is -1.78. The van der Waals surface area contributed by atoms with Crippen molar-refractivity contribution < 1.29 is 18.7 Å². The molecule has 6 nitrogen and oxygen atoms in total. The Morgan fingerprint density at radius 3 is 2.59 bits per heavy atom. The fourth-order valence-corrected chi connectivity index (χ4v) is 3.24. The normalized spacial score (nSPS) is 15.9. The molecule has 0 spiro atoms. The van der Waals surface area contributed by atoms with E-state index in [4.69, 9.17) is 5.73 Å². The van der Waals surface area contributed by atoms with E-state index in [2.05, 4.69) is 15.3 Å². The summed E-state index contributed by atoms with van der Waals surface area (Å²) in [6.45, 7) is 0. The fourth-order valence-electron chi connectivity index (χ4n) is 3.24. The lowest BCUT2D eigenvalue weighted by Gasteiger charge is -2.27. The third kappa shape index (κ3) is 3.05. The van der Waals surface area contributed by atoms with Gasteiger partial charge in [-0.15, -0.1) is 0 Å². The summed E-state index contributed by atoms with van der Waals surface area (Å²) in [5, 5.41) is 12.9. The van der Waals surface area contributed by atoms with Crippen LogP contribution in [0.3, 0.4) is 0 Å². The van der Waals surface area contributed by atoms with E-state index in [0.29, 0.717) is 28.8 Å². The molecule has 4 rings (SSSR count). The van der Waals surface area contributed by atoms with Gasteiger partial charge in [0, 0.05) is 24.2 Å². The lowest BCUT2D eigenvalue weighted by molar-refractivity contribution is 0.0923. The van der Waals surface area contributed by atoms with E-state index in [1.54, 1.807) is 0 Å². The highest BCUT2D eigenvalue weighted by atomic mass is 19.1. The van der Waals surface area contributed by atoms with Crippen molar-refractivity contribution in [3.05, 3.63) is 71.1 Å². The van der Waals surface area contributed by atoms with E-state index < -0.39 is 17.7 Å². The van der Waals surface area contributed by atoms with Crippen LogP contribution in [0.15, 0.2) is 42.6 Å². The number of aromatic nitrogens is 2. The van der Waals surface area contributed by atoms with Crippen LogP contribution >= 0.6 is 0 Å². The van der Waals surface area contributed by atoms with Crippen LogP contribution in [0, 0.1) is 11.6 Å². The predicted octanol–water partition coefficient (Wildman–Crippen LogP) is 2.74. The lowest BCUT2D eigenvalue weighted by atomic mass is 9.89. The minimum absolute atomic E-state index is 0.0534. The first-order valence-electron chi connectivity index (χ1n) is 8.13. The summed E-state index contributed by atoms with van der Waals surface area (Å²) in [6.07, 6.45) is 1.68. The maximum absolute atomic E-state index is 13.9. The molecule has 8 heteroatoms. The number of nitrogens with one attached hydrogen (secondary N) is 1. The molecule has 3 aromatic rings. The highest BCUT2D eigenvalue weighted by Crippen LogP contribution is 2.37. The number of rotatable bonds is 2. The topological polar surface area (TPSA) is 101 Å². The molecule has 27 heavy (non-hydrogen) atoms. The number of carbonyl (C=O) groups is 1. The molecule has 2 heterocycles. The number of amides is 1. The minimum Gasteiger partial charge on any atom is -0.507 e. The summed E-state index contributed by atoms with van der Waals surface area (Å²) in [6, 6.07) is 6.97. The Morgan fingerprint density at radius 2 is 1.81 bits per heavy atom. The number of nitrogens with two attached hydrogens (primary N) is 1. The molecule has 4 N–H and O–H groups in total. The summed E-state index contributed by atoms with van der Waals surface area (Å²) in [4.78, 5) is 20.3. The third-order valence-corrected chi connectivity index (χ3v) is 4.47. The smallest absolute Gasteiger partial charge is 0.255 e. The first kappa shape index (κ1) is 16.9. The van der Waals surface area contributed by atoms with Gasteiger partial charge >= 0.3 is 0 Å². The van der Waals surface area contributed by atoms with Crippen LogP contribution in [0.5, 0.6) is 5.75 Å². The van der Waals surface area contributed by atoms with Gasteiger partial charge in [0.15, 0.2) is 0 Å². The molecule has 2 aromatic carbocycles. The van der Waals surface area contributed by atoms with Gasteiger partial charge in [-0.25, -0.2) is 18.7 Å². The lowest BCUT2D eigenvalue weighted by Crippen LogP contribution is -2.36. The van der Waals surface area contributed by atoms with Gasteiger partial charge in [0.2, 0.25) is 5.95 Å². The number of aromatic hydroxyl groups is 1. The zero-order chi connectivity index (χ0) is 19.1. The second kappa shape index (κ2) is 6.31. The van der Waals surface area contributed by atoms with Crippen molar-refractivity contribution in [2.24, 2.45) is 0 Å². The highest BCUT2D eigenvalue weighted by molar-refractivity contribution is 5.96.